The Kier molecular flexibility index (Phi) is 3.80. The van der Waals surface area contributed by atoms with Crippen molar-refractivity contribution in [2.45, 2.75) is 13.5 Å². The van der Waals surface area contributed by atoms with E-state index in [9.17, 15) is 4.39 Å². The molecule has 0 fully saturated rings. The smallest absolute Gasteiger partial charge is 0.140 e. The Balaban J connectivity index is 2.19. The van der Waals surface area contributed by atoms with Gasteiger partial charge in [-0.1, -0.05) is 30.3 Å². The van der Waals surface area contributed by atoms with Crippen molar-refractivity contribution in [1.82, 2.24) is 0 Å². The molecule has 0 radical (unpaired) electrons. The molecule has 0 aliphatic carbocycles. The zero-order chi connectivity index (χ0) is 13.8. The molecule has 0 aromatic heterocycles. The number of rotatable bonds is 4. The lowest BCUT2D eigenvalue weighted by atomic mass is 10.1. The third kappa shape index (κ3) is 2.91. The molecule has 0 amide bonds. The maximum absolute atomic E-state index is 14.0. The van der Waals surface area contributed by atoms with Gasteiger partial charge in [-0.2, -0.15) is 0 Å². The van der Waals surface area contributed by atoms with Gasteiger partial charge in [0, 0.05) is 5.56 Å². The van der Waals surface area contributed by atoms with Crippen LogP contribution in [0.4, 0.5) is 4.39 Å². The van der Waals surface area contributed by atoms with E-state index in [1.165, 1.54) is 6.07 Å². The largest absolute Gasteiger partial charge is 0.489 e. The Morgan fingerprint density at radius 1 is 1.21 bits per heavy atom. The monoisotopic (exact) mass is 258 g/mol. The van der Waals surface area contributed by atoms with Crippen molar-refractivity contribution in [3.05, 3.63) is 65.0 Å². The van der Waals surface area contributed by atoms with Crippen molar-refractivity contribution in [3.8, 4) is 5.75 Å². The van der Waals surface area contributed by atoms with E-state index in [0.29, 0.717) is 5.56 Å². The van der Waals surface area contributed by atoms with Gasteiger partial charge in [0.2, 0.25) is 0 Å². The Morgan fingerprint density at radius 3 is 2.63 bits per heavy atom. The summed E-state index contributed by atoms with van der Waals surface area (Å²) in [6.45, 7) is 2.04. The summed E-state index contributed by atoms with van der Waals surface area (Å²) in [7, 11) is 0. The summed E-state index contributed by atoms with van der Waals surface area (Å²) >= 11 is 0. The quantitative estimate of drug-likeness (QED) is 0.654. The van der Waals surface area contributed by atoms with Crippen LogP contribution in [0.5, 0.6) is 5.75 Å². The van der Waals surface area contributed by atoms with Crippen molar-refractivity contribution >= 4 is 5.84 Å². The molecule has 0 aliphatic heterocycles. The van der Waals surface area contributed by atoms with Gasteiger partial charge in [0.1, 0.15) is 24.0 Å². The number of hydrogen-bond donors (Lipinski definition) is 2. The molecule has 4 heteroatoms. The maximum atomic E-state index is 14.0. The SMILES string of the molecule is Cc1ccccc1OCc1cccc(C(=N)N)c1F. The molecule has 98 valence electrons. The highest BCUT2D eigenvalue weighted by atomic mass is 19.1. The first kappa shape index (κ1) is 13.1. The van der Waals surface area contributed by atoms with Crippen LogP contribution in [0.2, 0.25) is 0 Å². The van der Waals surface area contributed by atoms with Gasteiger partial charge < -0.3 is 10.5 Å². The minimum atomic E-state index is -0.497. The van der Waals surface area contributed by atoms with Crippen LogP contribution < -0.4 is 10.5 Å². The molecule has 19 heavy (non-hydrogen) atoms. The summed E-state index contributed by atoms with van der Waals surface area (Å²) < 4.78 is 19.6. The summed E-state index contributed by atoms with van der Waals surface area (Å²) in [6, 6.07) is 12.3. The number of amidine groups is 1. The highest BCUT2D eigenvalue weighted by Gasteiger charge is 2.10. The highest BCUT2D eigenvalue weighted by Crippen LogP contribution is 2.19. The van der Waals surface area contributed by atoms with Crippen molar-refractivity contribution in [2.24, 2.45) is 5.73 Å². The van der Waals surface area contributed by atoms with E-state index < -0.39 is 5.82 Å². The first-order valence-electron chi connectivity index (χ1n) is 5.90. The average Bonchev–Trinajstić information content (AvgIpc) is 2.39. The topological polar surface area (TPSA) is 59.1 Å². The second-order valence-electron chi connectivity index (χ2n) is 4.25. The lowest BCUT2D eigenvalue weighted by molar-refractivity contribution is 0.298. The number of nitrogens with one attached hydrogen (secondary N) is 1. The number of benzene rings is 2. The summed E-state index contributed by atoms with van der Waals surface area (Å²) in [5.41, 5.74) is 6.80. The predicted octanol–water partition coefficient (Wildman–Crippen LogP) is 3.00. The fraction of sp³-hybridized carbons (Fsp3) is 0.133. The van der Waals surface area contributed by atoms with E-state index in [2.05, 4.69) is 0 Å². The third-order valence-electron chi connectivity index (χ3n) is 2.85. The number of ether oxygens (including phenoxy) is 1. The van der Waals surface area contributed by atoms with Crippen LogP contribution in [0, 0.1) is 18.2 Å². The van der Waals surface area contributed by atoms with Crippen LogP contribution in [0.1, 0.15) is 16.7 Å². The number of nitrogen functional groups attached to an aromatic ring is 1. The standard InChI is InChI=1S/C15H15FN2O/c1-10-5-2-3-8-13(10)19-9-11-6-4-7-12(14(11)16)15(17)18/h2-8H,9H2,1H3,(H3,17,18). The first-order chi connectivity index (χ1) is 9.09. The molecule has 0 heterocycles. The minimum Gasteiger partial charge on any atom is -0.489 e. The van der Waals surface area contributed by atoms with Gasteiger partial charge in [-0.25, -0.2) is 4.39 Å². The van der Waals surface area contributed by atoms with Gasteiger partial charge in [-0.15, -0.1) is 0 Å². The fourth-order valence-electron chi connectivity index (χ4n) is 1.77. The zero-order valence-corrected chi connectivity index (χ0v) is 10.6. The molecule has 0 bridgehead atoms. The zero-order valence-electron chi connectivity index (χ0n) is 10.6. The van der Waals surface area contributed by atoms with E-state index in [1.807, 2.05) is 31.2 Å². The van der Waals surface area contributed by atoms with Gasteiger partial charge in [-0.05, 0) is 24.6 Å². The molecule has 3 nitrogen and oxygen atoms in total. The van der Waals surface area contributed by atoms with Crippen LogP contribution >= 0.6 is 0 Å². The van der Waals surface area contributed by atoms with Crippen LogP contribution in [0.25, 0.3) is 0 Å². The van der Waals surface area contributed by atoms with Crippen LogP contribution in [0.3, 0.4) is 0 Å². The van der Waals surface area contributed by atoms with Crippen molar-refractivity contribution in [1.29, 1.82) is 5.41 Å². The molecule has 0 saturated carbocycles. The Bertz CT molecular complexity index is 611. The molecule has 0 aliphatic rings. The molecule has 0 spiro atoms. The van der Waals surface area contributed by atoms with Crippen LogP contribution in [-0.4, -0.2) is 5.84 Å². The Hall–Kier alpha value is -2.36. The van der Waals surface area contributed by atoms with Gasteiger partial charge in [0.05, 0.1) is 5.56 Å². The molecule has 0 saturated heterocycles. The second kappa shape index (κ2) is 5.52. The molecule has 2 aromatic rings. The number of halogens is 1. The Morgan fingerprint density at radius 2 is 1.95 bits per heavy atom. The van der Waals surface area contributed by atoms with Crippen molar-refractivity contribution in [3.63, 3.8) is 0 Å². The van der Waals surface area contributed by atoms with E-state index in [0.717, 1.165) is 11.3 Å². The summed E-state index contributed by atoms with van der Waals surface area (Å²) in [5.74, 6) is -0.0612. The third-order valence-corrected chi connectivity index (χ3v) is 2.85. The molecule has 3 N–H and O–H groups in total. The van der Waals surface area contributed by atoms with Crippen molar-refractivity contribution in [2.75, 3.05) is 0 Å². The summed E-state index contributed by atoms with van der Waals surface area (Å²) in [4.78, 5) is 0. The molecule has 2 aromatic carbocycles. The molecule has 2 rings (SSSR count). The molecule has 0 atom stereocenters. The summed E-state index contributed by atoms with van der Waals surface area (Å²) in [6.07, 6.45) is 0. The lowest BCUT2D eigenvalue weighted by Gasteiger charge is -2.11. The van der Waals surface area contributed by atoms with Gasteiger partial charge in [-0.3, -0.25) is 5.41 Å². The number of aryl methyl sites for hydroxylation is 1. The van der Waals surface area contributed by atoms with Crippen LogP contribution in [0.15, 0.2) is 42.5 Å². The average molecular weight is 258 g/mol. The van der Waals surface area contributed by atoms with E-state index in [1.54, 1.807) is 12.1 Å². The van der Waals surface area contributed by atoms with E-state index in [-0.39, 0.29) is 18.0 Å². The summed E-state index contributed by atoms with van der Waals surface area (Å²) in [5, 5.41) is 7.30. The Labute approximate surface area is 111 Å². The highest BCUT2D eigenvalue weighted by molar-refractivity contribution is 5.95. The van der Waals surface area contributed by atoms with Gasteiger partial charge >= 0.3 is 0 Å². The first-order valence-corrected chi connectivity index (χ1v) is 5.90. The normalized spacial score (nSPS) is 10.2. The van der Waals surface area contributed by atoms with Gasteiger partial charge in [0.15, 0.2) is 0 Å². The van der Waals surface area contributed by atoms with Crippen molar-refractivity contribution < 1.29 is 9.13 Å². The fourth-order valence-corrected chi connectivity index (χ4v) is 1.77. The number of para-hydroxylation sites is 1. The molecular formula is C15H15FN2O. The predicted molar refractivity (Wildman–Crippen MR) is 72.9 cm³/mol. The number of hydrogen-bond acceptors (Lipinski definition) is 2. The maximum Gasteiger partial charge on any atom is 0.140 e. The van der Waals surface area contributed by atoms with E-state index >= 15 is 0 Å². The van der Waals surface area contributed by atoms with Crippen LogP contribution in [-0.2, 0) is 6.61 Å². The minimum absolute atomic E-state index is 0.103. The van der Waals surface area contributed by atoms with Gasteiger partial charge in [0.25, 0.3) is 0 Å². The second-order valence-corrected chi connectivity index (χ2v) is 4.25. The number of nitrogens with two attached hydrogens (primary N) is 1. The van der Waals surface area contributed by atoms with E-state index in [4.69, 9.17) is 15.9 Å². The molecule has 0 unspecified atom stereocenters. The lowest BCUT2D eigenvalue weighted by Crippen LogP contribution is -2.14. The molecular weight excluding hydrogens is 243 g/mol.